The molecule has 106 valence electrons. The smallest absolute Gasteiger partial charge is 0.175 e. The Morgan fingerprint density at radius 2 is 1.65 bits per heavy atom. The molecular weight excluding hydrogens is 272 g/mol. The van der Waals surface area contributed by atoms with E-state index in [9.17, 15) is 4.79 Å². The first-order valence-electron chi connectivity index (χ1n) is 6.51. The number of carbonyl (C=O) groups excluding carboxylic acids is 1. The van der Waals surface area contributed by atoms with Crippen LogP contribution in [-0.4, -0.2) is 20.0 Å². The fourth-order valence-corrected chi connectivity index (χ4v) is 3.04. The molecule has 0 aliphatic heterocycles. The number of Topliss-reactive ketones (excluding diaryl/α,β-unsaturated/α-hetero) is 1. The summed E-state index contributed by atoms with van der Waals surface area (Å²) in [6.07, 6.45) is 1.37. The van der Waals surface area contributed by atoms with E-state index in [1.54, 1.807) is 37.7 Å². The maximum atomic E-state index is 12.5. The van der Waals surface area contributed by atoms with Gasteiger partial charge < -0.3 is 9.47 Å². The lowest BCUT2D eigenvalue weighted by molar-refractivity contribution is 0.0988. The number of hydrogen-bond acceptors (Lipinski definition) is 4. The summed E-state index contributed by atoms with van der Waals surface area (Å²) in [6, 6.07) is 9.47. The Bertz CT molecular complexity index is 579. The third kappa shape index (κ3) is 3.02. The van der Waals surface area contributed by atoms with Crippen molar-refractivity contribution in [3.05, 3.63) is 45.6 Å². The van der Waals surface area contributed by atoms with Gasteiger partial charge in [0.25, 0.3) is 0 Å². The Balaban J connectivity index is 2.28. The second-order valence-corrected chi connectivity index (χ2v) is 5.61. The van der Waals surface area contributed by atoms with E-state index >= 15 is 0 Å². The maximum absolute atomic E-state index is 12.5. The number of methoxy groups -OCH3 is 2. The predicted molar refractivity (Wildman–Crippen MR) is 81.3 cm³/mol. The standard InChI is InChI=1S/C16H18O3S/c1-4-11-8-9-12(20-11)10-13(17)16-14(18-2)6-5-7-15(16)19-3/h5-9H,4,10H2,1-3H3. The fraction of sp³-hybridized carbons (Fsp3) is 0.312. The number of rotatable bonds is 6. The monoisotopic (exact) mass is 290 g/mol. The van der Waals surface area contributed by atoms with E-state index in [-0.39, 0.29) is 5.78 Å². The molecule has 0 aliphatic carbocycles. The minimum atomic E-state index is 0.0174. The molecule has 1 aromatic carbocycles. The largest absolute Gasteiger partial charge is 0.496 e. The van der Waals surface area contributed by atoms with Gasteiger partial charge in [-0.3, -0.25) is 4.79 Å². The lowest BCUT2D eigenvalue weighted by Crippen LogP contribution is -2.07. The molecule has 0 fully saturated rings. The molecule has 1 heterocycles. The molecule has 2 aromatic rings. The Hall–Kier alpha value is -1.81. The van der Waals surface area contributed by atoms with Gasteiger partial charge in [-0.2, -0.15) is 0 Å². The molecule has 0 unspecified atom stereocenters. The van der Waals surface area contributed by atoms with Gasteiger partial charge in [0.2, 0.25) is 0 Å². The Labute approximate surface area is 123 Å². The molecule has 0 bridgehead atoms. The normalized spacial score (nSPS) is 10.3. The van der Waals surface area contributed by atoms with E-state index in [2.05, 4.69) is 13.0 Å². The number of carbonyl (C=O) groups is 1. The molecule has 1 aromatic heterocycles. The maximum Gasteiger partial charge on any atom is 0.175 e. The van der Waals surface area contributed by atoms with Crippen LogP contribution in [0.15, 0.2) is 30.3 Å². The molecule has 0 aliphatic rings. The number of benzene rings is 1. The zero-order valence-electron chi connectivity index (χ0n) is 11.9. The highest BCUT2D eigenvalue weighted by Crippen LogP contribution is 2.30. The highest BCUT2D eigenvalue weighted by molar-refractivity contribution is 7.12. The second-order valence-electron chi connectivity index (χ2n) is 4.36. The van der Waals surface area contributed by atoms with Crippen LogP contribution in [0.3, 0.4) is 0 Å². The molecule has 0 spiro atoms. The van der Waals surface area contributed by atoms with E-state index < -0.39 is 0 Å². The molecule has 0 saturated heterocycles. The Morgan fingerprint density at radius 1 is 1.05 bits per heavy atom. The number of thiophene rings is 1. The summed E-state index contributed by atoms with van der Waals surface area (Å²) in [6.45, 7) is 2.11. The van der Waals surface area contributed by atoms with E-state index in [4.69, 9.17) is 9.47 Å². The van der Waals surface area contributed by atoms with Gasteiger partial charge in [-0.25, -0.2) is 0 Å². The first-order valence-corrected chi connectivity index (χ1v) is 7.33. The van der Waals surface area contributed by atoms with E-state index in [0.29, 0.717) is 23.5 Å². The van der Waals surface area contributed by atoms with Crippen molar-refractivity contribution < 1.29 is 14.3 Å². The molecular formula is C16H18O3S. The average molecular weight is 290 g/mol. The third-order valence-corrected chi connectivity index (χ3v) is 4.34. The summed E-state index contributed by atoms with van der Waals surface area (Å²) in [5, 5.41) is 0. The van der Waals surface area contributed by atoms with Gasteiger partial charge in [0.05, 0.1) is 14.2 Å². The first kappa shape index (κ1) is 14.6. The third-order valence-electron chi connectivity index (χ3n) is 3.11. The zero-order valence-corrected chi connectivity index (χ0v) is 12.8. The van der Waals surface area contributed by atoms with Crippen LogP contribution < -0.4 is 9.47 Å². The molecule has 0 radical (unpaired) electrons. The quantitative estimate of drug-likeness (QED) is 0.760. The molecule has 0 saturated carbocycles. The van der Waals surface area contributed by atoms with Gasteiger partial charge in [0.15, 0.2) is 5.78 Å². The van der Waals surface area contributed by atoms with E-state index in [1.165, 1.54) is 4.88 Å². The SMILES string of the molecule is CCc1ccc(CC(=O)c2c(OC)cccc2OC)s1. The van der Waals surface area contributed by atoms with Crippen molar-refractivity contribution in [1.82, 2.24) is 0 Å². The molecule has 0 atom stereocenters. The van der Waals surface area contributed by atoms with Crippen molar-refractivity contribution in [3.8, 4) is 11.5 Å². The van der Waals surface area contributed by atoms with Gasteiger partial charge in [0, 0.05) is 16.2 Å². The van der Waals surface area contributed by atoms with Crippen molar-refractivity contribution >= 4 is 17.1 Å². The summed E-state index contributed by atoms with van der Waals surface area (Å²) in [7, 11) is 3.12. The van der Waals surface area contributed by atoms with Gasteiger partial charge in [-0.15, -0.1) is 11.3 Å². The second kappa shape index (κ2) is 6.57. The number of hydrogen-bond donors (Lipinski definition) is 0. The molecule has 20 heavy (non-hydrogen) atoms. The topological polar surface area (TPSA) is 35.5 Å². The number of aryl methyl sites for hydroxylation is 1. The summed E-state index contributed by atoms with van der Waals surface area (Å²) >= 11 is 1.68. The summed E-state index contributed by atoms with van der Waals surface area (Å²) in [5.74, 6) is 1.13. The highest BCUT2D eigenvalue weighted by Gasteiger charge is 2.18. The number of ketones is 1. The fourth-order valence-electron chi connectivity index (χ4n) is 2.08. The van der Waals surface area contributed by atoms with Crippen LogP contribution in [-0.2, 0) is 12.8 Å². The minimum Gasteiger partial charge on any atom is -0.496 e. The Morgan fingerprint density at radius 3 is 2.15 bits per heavy atom. The molecule has 0 amide bonds. The summed E-state index contributed by atoms with van der Waals surface area (Å²) in [5.41, 5.74) is 0.518. The predicted octanol–water partition coefficient (Wildman–Crippen LogP) is 3.75. The van der Waals surface area contributed by atoms with Crippen molar-refractivity contribution in [2.75, 3.05) is 14.2 Å². The van der Waals surface area contributed by atoms with Crippen LogP contribution in [0.1, 0.15) is 27.0 Å². The molecule has 3 nitrogen and oxygen atoms in total. The zero-order chi connectivity index (χ0) is 14.5. The van der Waals surface area contributed by atoms with Crippen LogP contribution in [0.25, 0.3) is 0 Å². The molecule has 4 heteroatoms. The van der Waals surface area contributed by atoms with Crippen LogP contribution in [0.5, 0.6) is 11.5 Å². The first-order chi connectivity index (χ1) is 9.69. The van der Waals surface area contributed by atoms with Crippen molar-refractivity contribution in [1.29, 1.82) is 0 Å². The number of ether oxygens (including phenoxy) is 2. The van der Waals surface area contributed by atoms with Gasteiger partial charge in [-0.05, 0) is 30.7 Å². The van der Waals surface area contributed by atoms with Gasteiger partial charge >= 0.3 is 0 Å². The van der Waals surface area contributed by atoms with Crippen molar-refractivity contribution in [2.45, 2.75) is 19.8 Å². The molecule has 0 N–H and O–H groups in total. The van der Waals surface area contributed by atoms with Gasteiger partial charge in [-0.1, -0.05) is 13.0 Å². The highest BCUT2D eigenvalue weighted by atomic mass is 32.1. The lowest BCUT2D eigenvalue weighted by atomic mass is 10.0. The minimum absolute atomic E-state index is 0.0174. The van der Waals surface area contributed by atoms with Crippen molar-refractivity contribution in [2.24, 2.45) is 0 Å². The van der Waals surface area contributed by atoms with Crippen LogP contribution in [0, 0.1) is 0 Å². The molecule has 2 rings (SSSR count). The Kier molecular flexibility index (Phi) is 4.79. The van der Waals surface area contributed by atoms with Crippen molar-refractivity contribution in [3.63, 3.8) is 0 Å². The lowest BCUT2D eigenvalue weighted by Gasteiger charge is -2.11. The van der Waals surface area contributed by atoms with Crippen LogP contribution in [0.2, 0.25) is 0 Å². The summed E-state index contributed by atoms with van der Waals surface area (Å²) < 4.78 is 10.6. The van der Waals surface area contributed by atoms with Gasteiger partial charge in [0.1, 0.15) is 17.1 Å². The van der Waals surface area contributed by atoms with E-state index in [0.717, 1.165) is 11.3 Å². The van der Waals surface area contributed by atoms with Crippen LogP contribution in [0.4, 0.5) is 0 Å². The van der Waals surface area contributed by atoms with Crippen LogP contribution >= 0.6 is 11.3 Å². The average Bonchev–Trinajstić information content (AvgIpc) is 2.93. The van der Waals surface area contributed by atoms with E-state index in [1.807, 2.05) is 12.1 Å². The summed E-state index contributed by atoms with van der Waals surface area (Å²) in [4.78, 5) is 14.9.